The minimum Gasteiger partial charge on any atom is -0.423 e. The smallest absolute Gasteiger partial charge is 0.416 e. The Labute approximate surface area is 181 Å². The molecule has 10 heteroatoms. The summed E-state index contributed by atoms with van der Waals surface area (Å²) in [6.07, 6.45) is -4.43. The van der Waals surface area contributed by atoms with Crippen LogP contribution < -0.4 is 4.90 Å². The molecular weight excluding hydrogens is 423 g/mol. The van der Waals surface area contributed by atoms with E-state index in [1.165, 1.54) is 12.1 Å². The Morgan fingerprint density at radius 2 is 1.75 bits per heavy atom. The van der Waals surface area contributed by atoms with Gasteiger partial charge in [0.2, 0.25) is 11.7 Å². The summed E-state index contributed by atoms with van der Waals surface area (Å²) in [4.78, 5) is 13.2. The number of anilines is 1. The molecule has 1 aliphatic heterocycles. The summed E-state index contributed by atoms with van der Waals surface area (Å²) in [6, 6.07) is 13.0. The quantitative estimate of drug-likeness (QED) is 0.450. The average Bonchev–Trinajstić information content (AvgIpc) is 3.46. The van der Waals surface area contributed by atoms with Crippen molar-refractivity contribution in [3.05, 3.63) is 60.0 Å². The Hall–Kier alpha value is -3.40. The maximum atomic E-state index is 13.0. The third-order valence-corrected chi connectivity index (χ3v) is 5.66. The van der Waals surface area contributed by atoms with Gasteiger partial charge in [-0.25, -0.2) is 0 Å². The van der Waals surface area contributed by atoms with Crippen LogP contribution in [0.25, 0.3) is 22.5 Å². The SMILES string of the molecule is CC(c1nc(-c2cccc(C(F)(F)F)c2)no1)N1CCN(c2nc3ccccc3o2)CC1. The van der Waals surface area contributed by atoms with Crippen molar-refractivity contribution in [3.8, 4) is 11.4 Å². The van der Waals surface area contributed by atoms with Crippen LogP contribution in [0.2, 0.25) is 0 Å². The minimum atomic E-state index is -4.43. The number of hydrogen-bond acceptors (Lipinski definition) is 7. The standard InChI is InChI=1S/C22H20F3N5O2/c1-14(20-27-19(28-32-20)15-5-4-6-16(13-15)22(23,24)25)29-9-11-30(12-10-29)21-26-17-7-2-3-8-18(17)31-21/h2-8,13-14H,9-12H2,1H3. The van der Waals surface area contributed by atoms with Crippen LogP contribution in [0.4, 0.5) is 19.2 Å². The fourth-order valence-electron chi connectivity index (χ4n) is 3.81. The molecule has 4 aromatic rings. The number of oxazole rings is 1. The normalized spacial score (nSPS) is 16.6. The molecule has 7 nitrogen and oxygen atoms in total. The first-order valence-corrected chi connectivity index (χ1v) is 10.2. The van der Waals surface area contributed by atoms with Crippen molar-refractivity contribution >= 4 is 17.1 Å². The van der Waals surface area contributed by atoms with Crippen LogP contribution in [0.3, 0.4) is 0 Å². The second-order valence-corrected chi connectivity index (χ2v) is 7.70. The van der Waals surface area contributed by atoms with Crippen LogP contribution in [-0.2, 0) is 6.18 Å². The molecule has 32 heavy (non-hydrogen) atoms. The molecule has 0 bridgehead atoms. The Morgan fingerprint density at radius 3 is 2.50 bits per heavy atom. The summed E-state index contributed by atoms with van der Waals surface area (Å²) < 4.78 is 50.2. The highest BCUT2D eigenvalue weighted by molar-refractivity contribution is 5.74. The van der Waals surface area contributed by atoms with Gasteiger partial charge in [0, 0.05) is 31.7 Å². The molecule has 0 saturated carbocycles. The van der Waals surface area contributed by atoms with E-state index in [4.69, 9.17) is 8.94 Å². The summed E-state index contributed by atoms with van der Waals surface area (Å²) in [5.41, 5.74) is 1.10. The number of hydrogen-bond donors (Lipinski definition) is 0. The van der Waals surface area contributed by atoms with Crippen LogP contribution in [0.1, 0.15) is 24.4 Å². The zero-order chi connectivity index (χ0) is 22.3. The van der Waals surface area contributed by atoms with Crippen molar-refractivity contribution in [2.75, 3.05) is 31.1 Å². The van der Waals surface area contributed by atoms with Gasteiger partial charge in [-0.3, -0.25) is 4.90 Å². The summed E-state index contributed by atoms with van der Waals surface area (Å²) in [5, 5.41) is 3.90. The molecule has 5 rings (SSSR count). The fraction of sp³-hybridized carbons (Fsp3) is 0.318. The van der Waals surface area contributed by atoms with Crippen molar-refractivity contribution in [2.45, 2.75) is 19.1 Å². The summed E-state index contributed by atoms with van der Waals surface area (Å²) >= 11 is 0. The fourth-order valence-corrected chi connectivity index (χ4v) is 3.81. The van der Waals surface area contributed by atoms with Crippen LogP contribution in [0.15, 0.2) is 57.5 Å². The van der Waals surface area contributed by atoms with E-state index in [-0.39, 0.29) is 17.4 Å². The van der Waals surface area contributed by atoms with E-state index in [1.54, 1.807) is 0 Å². The van der Waals surface area contributed by atoms with Crippen LogP contribution in [0, 0.1) is 0 Å². The van der Waals surface area contributed by atoms with Gasteiger partial charge < -0.3 is 13.8 Å². The van der Waals surface area contributed by atoms with Gasteiger partial charge in [-0.05, 0) is 31.2 Å². The molecule has 2 aromatic heterocycles. The first kappa shape index (κ1) is 20.5. The summed E-state index contributed by atoms with van der Waals surface area (Å²) in [7, 11) is 0. The number of piperazine rings is 1. The molecule has 0 aliphatic carbocycles. The van der Waals surface area contributed by atoms with E-state index < -0.39 is 11.7 Å². The number of aromatic nitrogens is 3. The molecule has 0 amide bonds. The van der Waals surface area contributed by atoms with E-state index in [9.17, 15) is 13.2 Å². The largest absolute Gasteiger partial charge is 0.423 e. The van der Waals surface area contributed by atoms with Gasteiger partial charge in [0.25, 0.3) is 6.01 Å². The van der Waals surface area contributed by atoms with Gasteiger partial charge >= 0.3 is 6.18 Å². The molecule has 166 valence electrons. The number of alkyl halides is 3. The molecule has 1 aliphatic rings. The molecule has 0 N–H and O–H groups in total. The maximum Gasteiger partial charge on any atom is 0.416 e. The monoisotopic (exact) mass is 443 g/mol. The first-order chi connectivity index (χ1) is 15.4. The lowest BCUT2D eigenvalue weighted by Gasteiger charge is -2.35. The molecule has 1 unspecified atom stereocenters. The van der Waals surface area contributed by atoms with Crippen molar-refractivity contribution in [1.82, 2.24) is 20.0 Å². The van der Waals surface area contributed by atoms with E-state index in [0.29, 0.717) is 25.0 Å². The number of benzene rings is 2. The Balaban J connectivity index is 1.26. The van der Waals surface area contributed by atoms with Gasteiger partial charge in [-0.15, -0.1) is 0 Å². The molecular formula is C22H20F3N5O2. The Bertz CT molecular complexity index is 1190. The molecule has 1 fully saturated rings. The second-order valence-electron chi connectivity index (χ2n) is 7.70. The topological polar surface area (TPSA) is 71.4 Å². The Kier molecular flexibility index (Phi) is 5.09. The van der Waals surface area contributed by atoms with Crippen molar-refractivity contribution in [2.24, 2.45) is 0 Å². The molecule has 0 spiro atoms. The number of halogens is 3. The zero-order valence-corrected chi connectivity index (χ0v) is 17.2. The first-order valence-electron chi connectivity index (χ1n) is 10.2. The Morgan fingerprint density at radius 1 is 0.969 bits per heavy atom. The molecule has 2 aromatic carbocycles. The highest BCUT2D eigenvalue weighted by Gasteiger charge is 2.31. The highest BCUT2D eigenvalue weighted by Crippen LogP contribution is 2.32. The van der Waals surface area contributed by atoms with Crippen LogP contribution in [0.5, 0.6) is 0 Å². The van der Waals surface area contributed by atoms with Gasteiger partial charge in [-0.2, -0.15) is 23.1 Å². The van der Waals surface area contributed by atoms with Gasteiger partial charge in [-0.1, -0.05) is 29.4 Å². The lowest BCUT2D eigenvalue weighted by atomic mass is 10.1. The predicted octanol–water partition coefficient (Wildman–Crippen LogP) is 4.78. The van der Waals surface area contributed by atoms with Crippen LogP contribution >= 0.6 is 0 Å². The van der Waals surface area contributed by atoms with Crippen molar-refractivity contribution < 1.29 is 22.1 Å². The lowest BCUT2D eigenvalue weighted by Crippen LogP contribution is -2.47. The zero-order valence-electron chi connectivity index (χ0n) is 17.2. The highest BCUT2D eigenvalue weighted by atomic mass is 19.4. The molecule has 0 radical (unpaired) electrons. The van der Waals surface area contributed by atoms with Crippen molar-refractivity contribution in [1.29, 1.82) is 0 Å². The van der Waals surface area contributed by atoms with E-state index >= 15 is 0 Å². The molecule has 1 atom stereocenters. The van der Waals surface area contributed by atoms with Gasteiger partial charge in [0.15, 0.2) is 5.58 Å². The lowest BCUT2D eigenvalue weighted by molar-refractivity contribution is -0.137. The summed E-state index contributed by atoms with van der Waals surface area (Å²) in [5.74, 6) is 0.510. The third kappa shape index (κ3) is 3.93. The van der Waals surface area contributed by atoms with Gasteiger partial charge in [0.1, 0.15) is 5.52 Å². The second kappa shape index (κ2) is 7.94. The van der Waals surface area contributed by atoms with Crippen molar-refractivity contribution in [3.63, 3.8) is 0 Å². The molecule has 3 heterocycles. The number of para-hydroxylation sites is 2. The van der Waals surface area contributed by atoms with Crippen LogP contribution in [-0.4, -0.2) is 46.2 Å². The van der Waals surface area contributed by atoms with Gasteiger partial charge in [0.05, 0.1) is 11.6 Å². The van der Waals surface area contributed by atoms with E-state index in [0.717, 1.165) is 36.3 Å². The molecule has 1 saturated heterocycles. The number of nitrogens with zero attached hydrogens (tertiary/aromatic N) is 5. The number of rotatable bonds is 4. The van der Waals surface area contributed by atoms with E-state index in [1.807, 2.05) is 31.2 Å². The minimum absolute atomic E-state index is 0.142. The number of fused-ring (bicyclic) bond motifs is 1. The third-order valence-electron chi connectivity index (χ3n) is 5.66. The maximum absolute atomic E-state index is 13.0. The summed E-state index contributed by atoms with van der Waals surface area (Å²) in [6.45, 7) is 4.82. The average molecular weight is 443 g/mol. The predicted molar refractivity (Wildman–Crippen MR) is 111 cm³/mol. The van der Waals surface area contributed by atoms with E-state index in [2.05, 4.69) is 24.9 Å².